The maximum Gasteiger partial charge on any atom is 0.195 e. The van der Waals surface area contributed by atoms with Crippen molar-refractivity contribution in [1.82, 2.24) is 15.3 Å². The monoisotopic (exact) mass is 687 g/mol. The predicted molar refractivity (Wildman–Crippen MR) is 193 cm³/mol. The van der Waals surface area contributed by atoms with E-state index in [2.05, 4.69) is 10.3 Å². The van der Waals surface area contributed by atoms with Crippen LogP contribution in [0.15, 0.2) is 84.9 Å². The fourth-order valence-corrected chi connectivity index (χ4v) is 6.42. The van der Waals surface area contributed by atoms with E-state index in [1.165, 1.54) is 0 Å². The number of halogens is 4. The maximum absolute atomic E-state index is 12.9. The van der Waals surface area contributed by atoms with Gasteiger partial charge in [-0.25, -0.2) is 9.97 Å². The molecule has 0 amide bonds. The normalized spacial score (nSPS) is 12.0. The van der Waals surface area contributed by atoms with E-state index in [0.717, 1.165) is 49.9 Å². The van der Waals surface area contributed by atoms with Crippen molar-refractivity contribution in [1.29, 1.82) is 0 Å². The predicted octanol–water partition coefficient (Wildman–Crippen LogP) is 9.34. The van der Waals surface area contributed by atoms with Gasteiger partial charge in [0.05, 0.1) is 19.6 Å². The third kappa shape index (κ3) is 6.08. The van der Waals surface area contributed by atoms with Gasteiger partial charge >= 0.3 is 0 Å². The van der Waals surface area contributed by atoms with Gasteiger partial charge in [0.1, 0.15) is 11.0 Å². The van der Waals surface area contributed by atoms with Crippen molar-refractivity contribution < 1.29 is 15.4 Å². The Balaban J connectivity index is 0.000000162. The number of anilines is 1. The van der Waals surface area contributed by atoms with Gasteiger partial charge in [0.25, 0.3) is 0 Å². The summed E-state index contributed by atoms with van der Waals surface area (Å²) in [5.41, 5.74) is 7.48. The molecule has 0 saturated heterocycles. The Hall–Kier alpha value is -4.40. The van der Waals surface area contributed by atoms with Crippen LogP contribution in [-0.4, -0.2) is 56.9 Å². The molecule has 8 rings (SSSR count). The minimum absolute atomic E-state index is 0.0224. The van der Waals surface area contributed by atoms with Crippen LogP contribution in [0.25, 0.3) is 44.1 Å². The zero-order valence-corrected chi connectivity index (χ0v) is 28.2. The molecule has 0 radical (unpaired) electrons. The largest absolute Gasteiger partial charge is 0.362 e. The van der Waals surface area contributed by atoms with Gasteiger partial charge in [0, 0.05) is 68.3 Å². The molecule has 0 atom stereocenters. The van der Waals surface area contributed by atoms with Crippen LogP contribution in [-0.2, 0) is 0 Å². The van der Waals surface area contributed by atoms with Crippen molar-refractivity contribution in [3.63, 3.8) is 0 Å². The third-order valence-electron chi connectivity index (χ3n) is 7.59. The number of rotatable bonds is 1. The smallest absolute Gasteiger partial charge is 0.195 e. The van der Waals surface area contributed by atoms with Crippen LogP contribution < -0.4 is 10.2 Å². The Labute approximate surface area is 288 Å². The first-order valence-corrected chi connectivity index (χ1v) is 15.5. The molecule has 2 aliphatic carbocycles. The number of hydrogen-bond donors (Lipinski definition) is 1. The molecule has 1 N–H and O–H groups in total. The number of nitrogens with one attached hydrogen (secondary N) is 1. The summed E-state index contributed by atoms with van der Waals surface area (Å²) in [6.07, 6.45) is 0. The molecule has 0 spiro atoms. The fourth-order valence-electron chi connectivity index (χ4n) is 5.79. The average molecular weight is 689 g/mol. The number of nitrogens with zero attached hydrogens (tertiary/aromatic N) is 3. The van der Waals surface area contributed by atoms with E-state index in [1.54, 1.807) is 18.2 Å². The first-order chi connectivity index (χ1) is 23.1. The van der Waals surface area contributed by atoms with Crippen LogP contribution in [0.5, 0.6) is 0 Å². The Morgan fingerprint density at radius 2 is 1.09 bits per heavy atom. The van der Waals surface area contributed by atoms with Gasteiger partial charge in [-0.2, -0.15) is 0 Å². The van der Waals surface area contributed by atoms with Gasteiger partial charge in [-0.05, 0) is 61.6 Å². The average Bonchev–Trinajstić information content (AvgIpc) is 3.52. The number of fused-ring (bicyclic) bond motifs is 10. The topological polar surface area (TPSA) is 75.2 Å². The van der Waals surface area contributed by atoms with Crippen LogP contribution in [0.2, 0.25) is 15.2 Å². The highest BCUT2D eigenvalue weighted by Gasteiger charge is 2.33. The van der Waals surface area contributed by atoms with E-state index in [1.807, 2.05) is 99.8 Å². The van der Waals surface area contributed by atoms with E-state index < -0.39 is 7.15 Å². The molecule has 4 aromatic carbocycles. The molecule has 0 saturated carbocycles. The molecular weight excluding hydrogens is 658 g/mol. The van der Waals surface area contributed by atoms with Gasteiger partial charge in [-0.1, -0.05) is 83.3 Å². The number of carbonyl (C=O) groups excluding carboxylic acids is 2. The number of ketones is 2. The number of hydrogen-bond acceptors (Lipinski definition) is 6. The first kappa shape index (κ1) is 32.5. The highest BCUT2D eigenvalue weighted by Crippen LogP contribution is 2.46. The Morgan fingerprint density at radius 1 is 0.660 bits per heavy atom. The highest BCUT2D eigenvalue weighted by atomic mass is 35.5. The summed E-state index contributed by atoms with van der Waals surface area (Å²) in [5, 5.41) is 5.93. The molecule has 47 heavy (non-hydrogen) atoms. The number of pyridine rings is 2. The number of alkyl halides is 1. The van der Waals surface area contributed by atoms with Gasteiger partial charge in [-0.15, -0.1) is 0 Å². The van der Waals surface area contributed by atoms with Crippen molar-refractivity contribution in [2.24, 2.45) is 0 Å². The van der Waals surface area contributed by atoms with Crippen molar-refractivity contribution in [3.8, 4) is 22.3 Å². The maximum atomic E-state index is 12.9. The lowest BCUT2D eigenvalue weighted by Crippen LogP contribution is -2.13. The van der Waals surface area contributed by atoms with Gasteiger partial charge in [-0.3, -0.25) is 14.0 Å². The summed E-state index contributed by atoms with van der Waals surface area (Å²) in [6.45, 7) is 0. The lowest BCUT2D eigenvalue weighted by Gasteiger charge is -2.17. The molecule has 0 aliphatic heterocycles. The van der Waals surface area contributed by atoms with Crippen molar-refractivity contribution in [3.05, 3.63) is 122 Å². The molecule has 238 valence electrons. The SMILES string of the molecule is CN(C)c1nc2ccccc2c2c1-c1ccc(Cl)cc1C2=O.CNC.O=C1c2cc(Cl)ccc2-c2c(Cl)nc3ccccc3c21.[2H]CF. The molecule has 2 heterocycles. The second kappa shape index (κ2) is 14.2. The van der Waals surface area contributed by atoms with E-state index in [4.69, 9.17) is 41.2 Å². The second-order valence-corrected chi connectivity index (χ2v) is 12.0. The van der Waals surface area contributed by atoms with E-state index in [9.17, 15) is 14.0 Å². The summed E-state index contributed by atoms with van der Waals surface area (Å²) < 4.78 is 15.5. The van der Waals surface area contributed by atoms with E-state index in [-0.39, 0.29) is 11.6 Å². The summed E-state index contributed by atoms with van der Waals surface area (Å²) >= 11 is 18.3. The van der Waals surface area contributed by atoms with Crippen molar-refractivity contribution >= 4 is 74.0 Å². The van der Waals surface area contributed by atoms with Gasteiger partial charge < -0.3 is 10.2 Å². The first-order valence-electron chi connectivity index (χ1n) is 15.1. The Kier molecular flexibility index (Phi) is 9.80. The molecule has 10 heteroatoms. The molecule has 0 unspecified atom stereocenters. The highest BCUT2D eigenvalue weighted by molar-refractivity contribution is 6.39. The standard InChI is InChI=1S/C18H13ClN2O.C16H7Cl2NO.C2H7N.CH3F/c1-21(2)18-16-11-8-7-10(19)9-13(11)17(22)15(16)12-5-3-4-6-14(12)20-18;17-8-5-6-9-11(7-8)15(20)13-10-3-1-2-4-12(10)19-16(18)14(9)13;1-3-2;1-2/h3-9H,1-2H3;1-7H;3H,1-2H3;1H3/i;;;1D. The van der Waals surface area contributed by atoms with Crippen LogP contribution in [0.3, 0.4) is 0 Å². The minimum Gasteiger partial charge on any atom is -0.362 e. The van der Waals surface area contributed by atoms with Crippen LogP contribution in [0.4, 0.5) is 10.2 Å². The summed E-state index contributed by atoms with van der Waals surface area (Å²) in [5.74, 6) is 0.787. The van der Waals surface area contributed by atoms with Crippen molar-refractivity contribution in [2.75, 3.05) is 40.2 Å². The zero-order chi connectivity index (χ0) is 34.7. The summed E-state index contributed by atoms with van der Waals surface area (Å²) in [6, 6.07) is 26.0. The zero-order valence-electron chi connectivity index (χ0n) is 27.0. The van der Waals surface area contributed by atoms with E-state index in [0.29, 0.717) is 37.5 Å². The van der Waals surface area contributed by atoms with Crippen LogP contribution in [0, 0.1) is 0 Å². The number of aromatic nitrogens is 2. The summed E-state index contributed by atoms with van der Waals surface area (Å²) in [4.78, 5) is 36.7. The fraction of sp³-hybridized carbons (Fsp3) is 0.135. The lowest BCUT2D eigenvalue weighted by molar-refractivity contribution is 0.103. The number of para-hydroxylation sites is 2. The molecular formula is C37H30Cl3FN4O2. The number of benzene rings is 4. The molecule has 6 nitrogen and oxygen atoms in total. The summed E-state index contributed by atoms with van der Waals surface area (Å²) in [7, 11) is 6.63. The second-order valence-electron chi connectivity index (χ2n) is 10.8. The number of carbonyl (C=O) groups is 2. The quantitative estimate of drug-likeness (QED) is 0.173. The molecule has 2 aromatic heterocycles. The van der Waals surface area contributed by atoms with Crippen LogP contribution >= 0.6 is 34.8 Å². The van der Waals surface area contributed by atoms with Gasteiger partial charge in [0.15, 0.2) is 11.6 Å². The third-order valence-corrected chi connectivity index (χ3v) is 8.33. The Bertz CT molecular complexity index is 2210. The lowest BCUT2D eigenvalue weighted by atomic mass is 10.0. The molecule has 0 fully saturated rings. The van der Waals surface area contributed by atoms with Crippen LogP contribution in [0.1, 0.15) is 33.2 Å². The molecule has 0 bridgehead atoms. The molecule has 2 aliphatic rings. The van der Waals surface area contributed by atoms with Crippen molar-refractivity contribution in [2.45, 2.75) is 0 Å². The Morgan fingerprint density at radius 3 is 1.57 bits per heavy atom. The van der Waals surface area contributed by atoms with Gasteiger partial charge in [0.2, 0.25) is 0 Å². The molecule has 6 aromatic rings. The minimum atomic E-state index is -1.00. The van der Waals surface area contributed by atoms with E-state index >= 15 is 0 Å².